The number of benzene rings is 1. The van der Waals surface area contributed by atoms with Gasteiger partial charge in [0, 0.05) is 36.8 Å². The van der Waals surface area contributed by atoms with Gasteiger partial charge in [0.05, 0.1) is 13.2 Å². The van der Waals surface area contributed by atoms with Crippen LogP contribution < -0.4 is 11.1 Å². The molecule has 1 fully saturated rings. The molecule has 1 aromatic rings. The van der Waals surface area contributed by atoms with Crippen molar-refractivity contribution in [3.05, 3.63) is 34.9 Å². The van der Waals surface area contributed by atoms with Crippen molar-refractivity contribution in [2.24, 2.45) is 10.7 Å². The van der Waals surface area contributed by atoms with Gasteiger partial charge in [-0.25, -0.2) is 0 Å². The molecule has 2 rings (SSSR count). The van der Waals surface area contributed by atoms with Gasteiger partial charge in [-0.15, -0.1) is 0 Å². The van der Waals surface area contributed by atoms with E-state index in [-0.39, 0.29) is 11.5 Å². The molecule has 23 heavy (non-hydrogen) atoms. The zero-order valence-electron chi connectivity index (χ0n) is 13.8. The van der Waals surface area contributed by atoms with Gasteiger partial charge >= 0.3 is 0 Å². The first-order valence-corrected chi connectivity index (χ1v) is 8.33. The maximum absolute atomic E-state index is 6.44. The molecule has 1 atom stereocenters. The molecule has 0 spiro atoms. The van der Waals surface area contributed by atoms with E-state index in [1.54, 1.807) is 7.11 Å². The number of guanidine groups is 1. The summed E-state index contributed by atoms with van der Waals surface area (Å²) in [6.45, 7) is 4.62. The minimum Gasteiger partial charge on any atom is -0.383 e. The van der Waals surface area contributed by atoms with Crippen LogP contribution in [0.2, 0.25) is 5.02 Å². The van der Waals surface area contributed by atoms with Crippen LogP contribution in [0.25, 0.3) is 0 Å². The number of nitrogens with two attached hydrogens (primary N) is 1. The monoisotopic (exact) mass is 339 g/mol. The van der Waals surface area contributed by atoms with E-state index in [9.17, 15) is 0 Å². The van der Waals surface area contributed by atoms with Crippen LogP contribution in [0.4, 0.5) is 0 Å². The normalized spacial score (nSPS) is 19.3. The van der Waals surface area contributed by atoms with Crippen molar-refractivity contribution < 1.29 is 9.47 Å². The lowest BCUT2D eigenvalue weighted by molar-refractivity contribution is 0.0531. The molecule has 3 N–H and O–H groups in total. The highest BCUT2D eigenvalue weighted by Crippen LogP contribution is 2.38. The Kier molecular flexibility index (Phi) is 6.69. The number of aliphatic imine (C=N–C) groups is 1. The van der Waals surface area contributed by atoms with E-state index in [0.717, 1.165) is 23.4 Å². The van der Waals surface area contributed by atoms with Crippen molar-refractivity contribution in [2.75, 3.05) is 33.5 Å². The van der Waals surface area contributed by atoms with Gasteiger partial charge in [0.1, 0.15) is 0 Å². The number of ether oxygens (including phenoxy) is 2. The van der Waals surface area contributed by atoms with E-state index in [2.05, 4.69) is 16.4 Å². The Labute approximate surface area is 143 Å². The van der Waals surface area contributed by atoms with Crippen molar-refractivity contribution >= 4 is 17.6 Å². The van der Waals surface area contributed by atoms with Gasteiger partial charge in [-0.1, -0.05) is 29.8 Å². The van der Waals surface area contributed by atoms with Gasteiger partial charge in [-0.05, 0) is 31.4 Å². The predicted molar refractivity (Wildman–Crippen MR) is 94.1 cm³/mol. The van der Waals surface area contributed by atoms with Crippen LogP contribution in [0.5, 0.6) is 0 Å². The highest BCUT2D eigenvalue weighted by atomic mass is 35.5. The Morgan fingerprint density at radius 2 is 2.13 bits per heavy atom. The van der Waals surface area contributed by atoms with Crippen LogP contribution in [0.1, 0.15) is 25.3 Å². The van der Waals surface area contributed by atoms with E-state index in [1.807, 2.05) is 25.1 Å². The average Bonchev–Trinajstić information content (AvgIpc) is 2.54. The second-order valence-corrected chi connectivity index (χ2v) is 6.48. The first-order valence-electron chi connectivity index (χ1n) is 7.95. The lowest BCUT2D eigenvalue weighted by Crippen LogP contribution is -2.43. The van der Waals surface area contributed by atoms with Crippen molar-refractivity contribution in [3.8, 4) is 0 Å². The molecule has 0 aromatic heterocycles. The second-order valence-electron chi connectivity index (χ2n) is 6.07. The summed E-state index contributed by atoms with van der Waals surface area (Å²) in [6.07, 6.45) is 1.78. The number of hydrogen-bond donors (Lipinski definition) is 2. The Balaban J connectivity index is 2.15. The number of hydrogen-bond acceptors (Lipinski definition) is 3. The van der Waals surface area contributed by atoms with E-state index in [4.69, 9.17) is 26.8 Å². The molecule has 1 aliphatic heterocycles. The fourth-order valence-corrected chi connectivity index (χ4v) is 3.33. The topological polar surface area (TPSA) is 68.9 Å². The molecule has 1 aromatic carbocycles. The fraction of sp³-hybridized carbons (Fsp3) is 0.588. The fourth-order valence-electron chi connectivity index (χ4n) is 2.99. The number of halogens is 1. The molecule has 0 saturated carbocycles. The minimum atomic E-state index is -0.118. The van der Waals surface area contributed by atoms with Gasteiger partial charge < -0.3 is 20.5 Å². The summed E-state index contributed by atoms with van der Waals surface area (Å²) in [5.74, 6) is 0.437. The van der Waals surface area contributed by atoms with E-state index < -0.39 is 0 Å². The smallest absolute Gasteiger partial charge is 0.188 e. The number of nitrogens with one attached hydrogen (secondary N) is 1. The SMILES string of the molecule is COCC(C)NC(N)=NCC1(c2ccccc2Cl)CCOCC1. The zero-order chi connectivity index (χ0) is 16.7. The molecule has 0 amide bonds. The second kappa shape index (κ2) is 8.52. The van der Waals surface area contributed by atoms with Crippen LogP contribution in [-0.2, 0) is 14.9 Å². The molecule has 0 bridgehead atoms. The first-order chi connectivity index (χ1) is 11.1. The number of rotatable bonds is 6. The Morgan fingerprint density at radius 3 is 2.78 bits per heavy atom. The largest absolute Gasteiger partial charge is 0.383 e. The summed E-state index contributed by atoms with van der Waals surface area (Å²) < 4.78 is 10.6. The molecular formula is C17H26ClN3O2. The highest BCUT2D eigenvalue weighted by Gasteiger charge is 2.36. The molecule has 6 heteroatoms. The van der Waals surface area contributed by atoms with Gasteiger partial charge in [0.25, 0.3) is 0 Å². The molecule has 1 heterocycles. The summed E-state index contributed by atoms with van der Waals surface area (Å²) >= 11 is 6.44. The maximum atomic E-state index is 6.44. The molecule has 1 aliphatic rings. The summed E-state index contributed by atoms with van der Waals surface area (Å²) in [6, 6.07) is 8.10. The lowest BCUT2D eigenvalue weighted by atomic mass is 9.74. The van der Waals surface area contributed by atoms with Crippen molar-refractivity contribution in [3.63, 3.8) is 0 Å². The van der Waals surface area contributed by atoms with Crippen molar-refractivity contribution in [1.82, 2.24) is 5.32 Å². The third kappa shape index (κ3) is 4.83. The van der Waals surface area contributed by atoms with Crippen LogP contribution in [0.3, 0.4) is 0 Å². The summed E-state index contributed by atoms with van der Waals surface area (Å²) in [5, 5.41) is 3.92. The molecule has 128 valence electrons. The molecule has 0 radical (unpaired) electrons. The van der Waals surface area contributed by atoms with Crippen molar-refractivity contribution in [1.29, 1.82) is 0 Å². The number of nitrogens with zero attached hydrogens (tertiary/aromatic N) is 1. The molecule has 5 nitrogen and oxygen atoms in total. The zero-order valence-corrected chi connectivity index (χ0v) is 14.6. The standard InChI is InChI=1S/C17H26ClN3O2/c1-13(11-22-2)21-16(19)20-12-17(7-9-23-10-8-17)14-5-3-4-6-15(14)18/h3-6,13H,7-12H2,1-2H3,(H3,19,20,21). The minimum absolute atomic E-state index is 0.118. The third-order valence-electron chi connectivity index (χ3n) is 4.26. The molecule has 1 unspecified atom stereocenters. The van der Waals surface area contributed by atoms with Crippen molar-refractivity contribution in [2.45, 2.75) is 31.2 Å². The quantitative estimate of drug-likeness (QED) is 0.616. The van der Waals surface area contributed by atoms with Crippen LogP contribution in [-0.4, -0.2) is 45.5 Å². The summed E-state index contributed by atoms with van der Waals surface area (Å²) in [7, 11) is 1.67. The van der Waals surface area contributed by atoms with Gasteiger partial charge in [-0.3, -0.25) is 4.99 Å². The van der Waals surface area contributed by atoms with Gasteiger partial charge in [0.15, 0.2) is 5.96 Å². The molecule has 0 aliphatic carbocycles. The number of methoxy groups -OCH3 is 1. The highest BCUT2D eigenvalue weighted by molar-refractivity contribution is 6.31. The van der Waals surface area contributed by atoms with E-state index in [0.29, 0.717) is 32.3 Å². The Morgan fingerprint density at radius 1 is 1.43 bits per heavy atom. The first kappa shape index (κ1) is 18.0. The van der Waals surface area contributed by atoms with Gasteiger partial charge in [-0.2, -0.15) is 0 Å². The Hall–Kier alpha value is -1.30. The van der Waals surface area contributed by atoms with Gasteiger partial charge in [0.2, 0.25) is 0 Å². The van der Waals surface area contributed by atoms with Crippen LogP contribution in [0, 0.1) is 0 Å². The molecular weight excluding hydrogens is 314 g/mol. The lowest BCUT2D eigenvalue weighted by Gasteiger charge is -2.37. The third-order valence-corrected chi connectivity index (χ3v) is 4.59. The Bertz CT molecular complexity index is 530. The predicted octanol–water partition coefficient (Wildman–Crippen LogP) is 2.33. The van der Waals surface area contributed by atoms with E-state index >= 15 is 0 Å². The maximum Gasteiger partial charge on any atom is 0.188 e. The van der Waals surface area contributed by atoms with Crippen LogP contribution in [0.15, 0.2) is 29.3 Å². The average molecular weight is 340 g/mol. The van der Waals surface area contributed by atoms with E-state index in [1.165, 1.54) is 0 Å². The van der Waals surface area contributed by atoms with Crippen LogP contribution >= 0.6 is 11.6 Å². The summed E-state index contributed by atoms with van der Waals surface area (Å²) in [5.41, 5.74) is 7.03. The molecule has 1 saturated heterocycles. The summed E-state index contributed by atoms with van der Waals surface area (Å²) in [4.78, 5) is 4.57.